The first-order valence-corrected chi connectivity index (χ1v) is 10.8. The number of halogens is 1. The molecule has 1 aliphatic rings. The molecule has 0 saturated carbocycles. The summed E-state index contributed by atoms with van der Waals surface area (Å²) in [7, 11) is -4.29. The van der Waals surface area contributed by atoms with Crippen molar-refractivity contribution in [3.05, 3.63) is 30.7 Å². The molecule has 0 aromatic carbocycles. The van der Waals surface area contributed by atoms with Crippen LogP contribution in [0.1, 0.15) is 6.23 Å². The number of nitrogens with two attached hydrogens (primary N) is 2. The minimum Gasteiger partial charge on any atom is -0.387 e. The van der Waals surface area contributed by atoms with Crippen LogP contribution in [0.15, 0.2) is 40.8 Å². The van der Waals surface area contributed by atoms with Gasteiger partial charge in [0.15, 0.2) is 18.0 Å². The van der Waals surface area contributed by atoms with Gasteiger partial charge in [-0.1, -0.05) is 6.07 Å². The molecule has 0 amide bonds. The summed E-state index contributed by atoms with van der Waals surface area (Å²) >= 11 is 1.16. The Labute approximate surface area is 173 Å². The van der Waals surface area contributed by atoms with Crippen LogP contribution >= 0.6 is 11.8 Å². The minimum atomic E-state index is -4.29. The normalized spacial score (nSPS) is 24.5. The predicted molar refractivity (Wildman–Crippen MR) is 102 cm³/mol. The summed E-state index contributed by atoms with van der Waals surface area (Å²) in [5.41, 5.74) is 6.16. The van der Waals surface area contributed by atoms with Crippen molar-refractivity contribution < 1.29 is 26.8 Å². The average Bonchev–Trinajstić information content (AvgIpc) is 3.19. The number of anilines is 1. The number of ether oxygens (including phenoxy) is 1. The second kappa shape index (κ2) is 8.01. The number of rotatable bonds is 6. The van der Waals surface area contributed by atoms with E-state index in [1.807, 2.05) is 0 Å². The highest BCUT2D eigenvalue weighted by atomic mass is 32.2. The monoisotopic (exact) mass is 457 g/mol. The van der Waals surface area contributed by atoms with Crippen LogP contribution < -0.4 is 10.9 Å². The topological polar surface area (TPSA) is 181 Å². The summed E-state index contributed by atoms with van der Waals surface area (Å²) in [5, 5.41) is 20.6. The maximum Gasteiger partial charge on any atom is 0.333 e. The van der Waals surface area contributed by atoms with Crippen LogP contribution in [0.3, 0.4) is 0 Å². The molecule has 3 aromatic rings. The zero-order valence-electron chi connectivity index (χ0n) is 15.1. The first-order valence-electron chi connectivity index (χ1n) is 8.47. The Kier molecular flexibility index (Phi) is 5.56. The molecule has 1 fully saturated rings. The molecule has 15 heteroatoms. The molecule has 4 rings (SSSR count). The molecular weight excluding hydrogens is 441 g/mol. The molecule has 30 heavy (non-hydrogen) atoms. The van der Waals surface area contributed by atoms with Gasteiger partial charge in [0.05, 0.1) is 12.0 Å². The van der Waals surface area contributed by atoms with Gasteiger partial charge < -0.3 is 15.6 Å². The van der Waals surface area contributed by atoms with Gasteiger partial charge in [-0.3, -0.25) is 4.18 Å². The molecule has 1 saturated heterocycles. The van der Waals surface area contributed by atoms with E-state index in [4.69, 9.17) is 15.6 Å². The van der Waals surface area contributed by atoms with E-state index in [0.29, 0.717) is 15.4 Å². The fourth-order valence-corrected chi connectivity index (χ4v) is 4.13. The van der Waals surface area contributed by atoms with Crippen molar-refractivity contribution in [1.82, 2.24) is 24.7 Å². The van der Waals surface area contributed by atoms with E-state index in [2.05, 4.69) is 24.2 Å². The Bertz CT molecular complexity index is 1160. The van der Waals surface area contributed by atoms with Crippen LogP contribution in [0.25, 0.3) is 11.0 Å². The molecule has 0 bridgehead atoms. The number of hydrogen-bond acceptors (Lipinski definition) is 11. The zero-order chi connectivity index (χ0) is 21.5. The van der Waals surface area contributed by atoms with Crippen molar-refractivity contribution in [3.8, 4) is 0 Å². The lowest BCUT2D eigenvalue weighted by atomic mass is 10.1. The molecule has 4 heterocycles. The van der Waals surface area contributed by atoms with E-state index in [-0.39, 0.29) is 11.5 Å². The summed E-state index contributed by atoms with van der Waals surface area (Å²) in [6, 6.07) is 5.30. The van der Waals surface area contributed by atoms with E-state index >= 15 is 0 Å². The van der Waals surface area contributed by atoms with Gasteiger partial charge in [-0.2, -0.15) is 13.5 Å². The summed E-state index contributed by atoms with van der Waals surface area (Å²) in [6.07, 6.45) is -3.55. The minimum absolute atomic E-state index is 0.118. The third-order valence-corrected chi connectivity index (χ3v) is 5.65. The Hall–Kier alpha value is -2.43. The van der Waals surface area contributed by atoms with Gasteiger partial charge >= 0.3 is 10.3 Å². The third-order valence-electron chi connectivity index (χ3n) is 4.26. The van der Waals surface area contributed by atoms with Crippen LogP contribution in [0.2, 0.25) is 0 Å². The highest BCUT2D eigenvalue weighted by Crippen LogP contribution is 2.38. The van der Waals surface area contributed by atoms with Crippen molar-refractivity contribution >= 4 is 38.9 Å². The molecule has 0 unspecified atom stereocenters. The SMILES string of the molecule is Nc1ncnc2c1c(Sc1ccccn1)nn2[C@@H]1O[C@H](COS(N)(=O)=O)[C@@H](O)[C@@H]1F. The Morgan fingerprint density at radius 1 is 1.33 bits per heavy atom. The van der Waals surface area contributed by atoms with Crippen molar-refractivity contribution in [2.45, 2.75) is 34.7 Å². The molecule has 3 aromatic heterocycles. The molecule has 5 N–H and O–H groups in total. The van der Waals surface area contributed by atoms with Gasteiger partial charge in [-0.25, -0.2) is 29.2 Å². The lowest BCUT2D eigenvalue weighted by Gasteiger charge is -2.14. The molecule has 160 valence electrons. The molecule has 0 radical (unpaired) electrons. The summed E-state index contributed by atoms with van der Waals surface area (Å²) in [6.45, 7) is -0.664. The van der Waals surface area contributed by atoms with Gasteiger partial charge in [-0.15, -0.1) is 0 Å². The van der Waals surface area contributed by atoms with Crippen LogP contribution in [-0.2, 0) is 19.2 Å². The highest BCUT2D eigenvalue weighted by Gasteiger charge is 2.47. The van der Waals surface area contributed by atoms with Crippen LogP contribution in [-0.4, -0.2) is 63.2 Å². The third kappa shape index (κ3) is 4.07. The summed E-state index contributed by atoms with van der Waals surface area (Å²) in [5.74, 6) is 0.118. The number of nitrogen functional groups attached to an aromatic ring is 1. The fraction of sp³-hybridized carbons (Fsp3) is 0.333. The average molecular weight is 457 g/mol. The molecular formula is C15H16FN7O5S2. The zero-order valence-corrected chi connectivity index (χ0v) is 16.7. The first-order chi connectivity index (χ1) is 14.2. The first kappa shape index (κ1) is 20.8. The maximum absolute atomic E-state index is 14.8. The van der Waals surface area contributed by atoms with E-state index in [1.165, 1.54) is 6.33 Å². The number of aliphatic hydroxyl groups is 1. The van der Waals surface area contributed by atoms with Gasteiger partial charge in [0, 0.05) is 6.20 Å². The van der Waals surface area contributed by atoms with Crippen LogP contribution in [0.5, 0.6) is 0 Å². The number of aromatic nitrogens is 5. The van der Waals surface area contributed by atoms with Gasteiger partial charge in [0.1, 0.15) is 34.4 Å². The largest absolute Gasteiger partial charge is 0.387 e. The predicted octanol–water partition coefficient (Wildman–Crippen LogP) is -0.229. The number of fused-ring (bicyclic) bond motifs is 1. The lowest BCUT2D eigenvalue weighted by Crippen LogP contribution is -2.33. The second-order valence-corrected chi connectivity index (χ2v) is 8.49. The van der Waals surface area contributed by atoms with Crippen molar-refractivity contribution in [2.24, 2.45) is 5.14 Å². The Morgan fingerprint density at radius 2 is 2.13 bits per heavy atom. The fourth-order valence-electron chi connectivity index (χ4n) is 2.92. The standard InChI is InChI=1S/C15H16FN7O5S2/c16-10-11(24)7(5-27-30(18,25)26)28-15(10)23-13-9(12(17)20-6-21-13)14(22-23)29-8-3-1-2-4-19-8/h1-4,6-7,10-11,15,24H,5H2,(H2,17,20,21)(H2,18,25,26)/t7-,10+,11-,15-/m1/s1. The van der Waals surface area contributed by atoms with E-state index < -0.39 is 41.5 Å². The summed E-state index contributed by atoms with van der Waals surface area (Å²) in [4.78, 5) is 12.3. The van der Waals surface area contributed by atoms with E-state index in [1.54, 1.807) is 24.4 Å². The molecule has 0 aliphatic carbocycles. The Morgan fingerprint density at radius 3 is 2.83 bits per heavy atom. The molecule has 0 spiro atoms. The number of pyridine rings is 1. The van der Waals surface area contributed by atoms with Crippen molar-refractivity contribution in [3.63, 3.8) is 0 Å². The number of aliphatic hydroxyl groups excluding tert-OH is 1. The molecule has 4 atom stereocenters. The van der Waals surface area contributed by atoms with E-state index in [0.717, 1.165) is 16.4 Å². The van der Waals surface area contributed by atoms with Crippen molar-refractivity contribution in [2.75, 3.05) is 12.3 Å². The quantitative estimate of drug-likeness (QED) is 0.445. The number of alkyl halides is 1. The van der Waals surface area contributed by atoms with Gasteiger partial charge in [-0.05, 0) is 23.9 Å². The van der Waals surface area contributed by atoms with Gasteiger partial charge in [0.25, 0.3) is 0 Å². The number of hydrogen-bond donors (Lipinski definition) is 3. The maximum atomic E-state index is 14.8. The summed E-state index contributed by atoms with van der Waals surface area (Å²) < 4.78 is 47.8. The smallest absolute Gasteiger partial charge is 0.333 e. The van der Waals surface area contributed by atoms with Crippen molar-refractivity contribution in [1.29, 1.82) is 0 Å². The van der Waals surface area contributed by atoms with E-state index in [9.17, 15) is 17.9 Å². The Balaban J connectivity index is 1.69. The second-order valence-electron chi connectivity index (χ2n) is 6.25. The van der Waals surface area contributed by atoms with Crippen LogP contribution in [0, 0.1) is 0 Å². The number of nitrogens with zero attached hydrogens (tertiary/aromatic N) is 5. The molecule has 12 nitrogen and oxygen atoms in total. The van der Waals surface area contributed by atoms with Gasteiger partial charge in [0.2, 0.25) is 0 Å². The molecule has 1 aliphatic heterocycles. The lowest BCUT2D eigenvalue weighted by molar-refractivity contribution is -0.0456. The van der Waals surface area contributed by atoms with Crippen LogP contribution in [0.4, 0.5) is 10.2 Å². The highest BCUT2D eigenvalue weighted by molar-refractivity contribution is 7.99.